The summed E-state index contributed by atoms with van der Waals surface area (Å²) in [4.78, 5) is 12.1. The fourth-order valence-corrected chi connectivity index (χ4v) is 3.07. The third-order valence-corrected chi connectivity index (χ3v) is 4.75. The fourth-order valence-electron chi connectivity index (χ4n) is 2.12. The minimum Gasteiger partial charge on any atom is -0.493 e. The van der Waals surface area contributed by atoms with Gasteiger partial charge in [0, 0.05) is 23.1 Å². The van der Waals surface area contributed by atoms with Crippen molar-refractivity contribution in [2.75, 3.05) is 19.4 Å². The molecule has 134 valence electrons. The number of nitrogens with one attached hydrogen (secondary N) is 1. The van der Waals surface area contributed by atoms with Crippen LogP contribution in [0.1, 0.15) is 12.5 Å². The molecule has 0 saturated carbocycles. The van der Waals surface area contributed by atoms with Gasteiger partial charge < -0.3 is 14.8 Å². The molecule has 0 spiro atoms. The van der Waals surface area contributed by atoms with Crippen LogP contribution < -0.4 is 14.8 Å². The van der Waals surface area contributed by atoms with Crippen molar-refractivity contribution < 1.29 is 14.3 Å². The minimum absolute atomic E-state index is 0.141. The molecule has 0 aliphatic heterocycles. The maximum atomic E-state index is 12.1. The largest absolute Gasteiger partial charge is 0.493 e. The third kappa shape index (κ3) is 6.52. The predicted octanol–water partition coefficient (Wildman–Crippen LogP) is 4.17. The van der Waals surface area contributed by atoms with Gasteiger partial charge in [-0.2, -0.15) is 11.8 Å². The van der Waals surface area contributed by atoms with Crippen molar-refractivity contribution in [3.63, 3.8) is 0 Å². The number of rotatable bonds is 9. The number of hydrogen-bond acceptors (Lipinski definition) is 4. The van der Waals surface area contributed by atoms with Crippen molar-refractivity contribution in [3.05, 3.63) is 59.1 Å². The lowest BCUT2D eigenvalue weighted by Gasteiger charge is -2.16. The van der Waals surface area contributed by atoms with Gasteiger partial charge in [-0.05, 0) is 36.8 Å². The van der Waals surface area contributed by atoms with E-state index in [1.54, 1.807) is 37.9 Å². The highest BCUT2D eigenvalue weighted by atomic mass is 35.5. The van der Waals surface area contributed by atoms with Crippen LogP contribution in [0.2, 0.25) is 5.02 Å². The Morgan fingerprint density at radius 2 is 1.84 bits per heavy atom. The van der Waals surface area contributed by atoms with Gasteiger partial charge in [-0.3, -0.25) is 4.79 Å². The number of amides is 1. The van der Waals surface area contributed by atoms with Crippen LogP contribution in [0.4, 0.5) is 0 Å². The molecule has 1 amide bonds. The fraction of sp³-hybridized carbons (Fsp3) is 0.316. The summed E-state index contributed by atoms with van der Waals surface area (Å²) in [6.45, 7) is 2.32. The SMILES string of the molecule is COc1ccccc1O[C@H](C)C(=O)NCCSCc1ccc(Cl)cc1. The maximum Gasteiger partial charge on any atom is 0.260 e. The molecule has 0 radical (unpaired) electrons. The molecule has 0 aromatic heterocycles. The summed E-state index contributed by atoms with van der Waals surface area (Å²) >= 11 is 7.62. The lowest BCUT2D eigenvalue weighted by atomic mass is 10.2. The molecule has 0 unspecified atom stereocenters. The number of ether oxygens (including phenoxy) is 2. The molecule has 0 bridgehead atoms. The Morgan fingerprint density at radius 3 is 2.52 bits per heavy atom. The summed E-state index contributed by atoms with van der Waals surface area (Å²) in [5.41, 5.74) is 1.22. The number of hydrogen-bond donors (Lipinski definition) is 1. The second-order valence-corrected chi connectivity index (χ2v) is 6.92. The molecule has 6 heteroatoms. The van der Waals surface area contributed by atoms with E-state index in [2.05, 4.69) is 5.32 Å². The average molecular weight is 380 g/mol. The molecule has 2 aromatic rings. The minimum atomic E-state index is -0.586. The highest BCUT2D eigenvalue weighted by Crippen LogP contribution is 2.26. The summed E-state index contributed by atoms with van der Waals surface area (Å²) in [6, 6.07) is 15.1. The number of para-hydroxylation sites is 2. The molecular formula is C19H22ClNO3S. The van der Waals surface area contributed by atoms with E-state index in [0.29, 0.717) is 18.0 Å². The number of benzene rings is 2. The average Bonchev–Trinajstić information content (AvgIpc) is 2.63. The molecule has 0 saturated heterocycles. The van der Waals surface area contributed by atoms with Crippen LogP contribution in [-0.4, -0.2) is 31.4 Å². The highest BCUT2D eigenvalue weighted by Gasteiger charge is 2.15. The molecule has 4 nitrogen and oxygen atoms in total. The Labute approximate surface area is 157 Å². The van der Waals surface area contributed by atoms with Crippen LogP contribution in [0.3, 0.4) is 0 Å². The van der Waals surface area contributed by atoms with E-state index in [1.165, 1.54) is 5.56 Å². The van der Waals surface area contributed by atoms with Gasteiger partial charge in [0.2, 0.25) is 0 Å². The van der Waals surface area contributed by atoms with Crippen molar-refractivity contribution in [2.45, 2.75) is 18.8 Å². The van der Waals surface area contributed by atoms with Crippen molar-refractivity contribution in [2.24, 2.45) is 0 Å². The van der Waals surface area contributed by atoms with Gasteiger partial charge >= 0.3 is 0 Å². The molecule has 1 N–H and O–H groups in total. The normalized spacial score (nSPS) is 11.6. The first-order chi connectivity index (χ1) is 12.1. The zero-order chi connectivity index (χ0) is 18.1. The van der Waals surface area contributed by atoms with E-state index in [1.807, 2.05) is 36.4 Å². The van der Waals surface area contributed by atoms with Gasteiger partial charge in [0.25, 0.3) is 5.91 Å². The van der Waals surface area contributed by atoms with E-state index >= 15 is 0 Å². The Morgan fingerprint density at radius 1 is 1.16 bits per heavy atom. The Balaban J connectivity index is 1.68. The van der Waals surface area contributed by atoms with Crippen LogP contribution in [0.15, 0.2) is 48.5 Å². The summed E-state index contributed by atoms with van der Waals surface area (Å²) in [5, 5.41) is 3.63. The lowest BCUT2D eigenvalue weighted by Crippen LogP contribution is -2.37. The van der Waals surface area contributed by atoms with Crippen LogP contribution in [0.25, 0.3) is 0 Å². The van der Waals surface area contributed by atoms with Crippen LogP contribution >= 0.6 is 23.4 Å². The molecule has 0 heterocycles. The molecule has 2 aromatic carbocycles. The van der Waals surface area contributed by atoms with Crippen LogP contribution in [0, 0.1) is 0 Å². The third-order valence-electron chi connectivity index (χ3n) is 3.47. The van der Waals surface area contributed by atoms with Gasteiger partial charge in [-0.1, -0.05) is 35.9 Å². The lowest BCUT2D eigenvalue weighted by molar-refractivity contribution is -0.127. The number of thioether (sulfide) groups is 1. The Hall–Kier alpha value is -1.85. The maximum absolute atomic E-state index is 12.1. The number of carbonyl (C=O) groups excluding carboxylic acids is 1. The van der Waals surface area contributed by atoms with E-state index < -0.39 is 6.10 Å². The van der Waals surface area contributed by atoms with Gasteiger partial charge in [0.05, 0.1) is 7.11 Å². The first kappa shape index (κ1) is 19.5. The monoisotopic (exact) mass is 379 g/mol. The smallest absolute Gasteiger partial charge is 0.260 e. The van der Waals surface area contributed by atoms with Gasteiger partial charge in [0.15, 0.2) is 17.6 Å². The molecule has 0 aliphatic rings. The summed E-state index contributed by atoms with van der Waals surface area (Å²) in [5.74, 6) is 2.75. The van der Waals surface area contributed by atoms with Crippen molar-refractivity contribution in [1.82, 2.24) is 5.32 Å². The molecule has 0 aliphatic carbocycles. The summed E-state index contributed by atoms with van der Waals surface area (Å²) in [6.07, 6.45) is -0.586. The van der Waals surface area contributed by atoms with E-state index in [4.69, 9.17) is 21.1 Å². The molecular weight excluding hydrogens is 358 g/mol. The summed E-state index contributed by atoms with van der Waals surface area (Å²) in [7, 11) is 1.57. The van der Waals surface area contributed by atoms with Crippen molar-refractivity contribution in [1.29, 1.82) is 0 Å². The quantitative estimate of drug-likeness (QED) is 0.664. The zero-order valence-electron chi connectivity index (χ0n) is 14.3. The van der Waals surface area contributed by atoms with Crippen molar-refractivity contribution >= 4 is 29.3 Å². The van der Waals surface area contributed by atoms with E-state index in [9.17, 15) is 4.79 Å². The number of methoxy groups -OCH3 is 1. The van der Waals surface area contributed by atoms with Crippen LogP contribution in [0.5, 0.6) is 11.5 Å². The zero-order valence-corrected chi connectivity index (χ0v) is 15.9. The molecule has 1 atom stereocenters. The van der Waals surface area contributed by atoms with E-state index in [-0.39, 0.29) is 5.91 Å². The first-order valence-electron chi connectivity index (χ1n) is 7.99. The topological polar surface area (TPSA) is 47.6 Å². The number of carbonyl (C=O) groups is 1. The van der Waals surface area contributed by atoms with Gasteiger partial charge in [0.1, 0.15) is 0 Å². The second-order valence-electron chi connectivity index (χ2n) is 5.38. The highest BCUT2D eigenvalue weighted by molar-refractivity contribution is 7.98. The first-order valence-corrected chi connectivity index (χ1v) is 9.53. The Kier molecular flexibility index (Phi) is 7.95. The molecule has 0 fully saturated rings. The predicted molar refractivity (Wildman–Crippen MR) is 104 cm³/mol. The van der Waals surface area contributed by atoms with Gasteiger partial charge in [-0.15, -0.1) is 0 Å². The van der Waals surface area contributed by atoms with Crippen LogP contribution in [-0.2, 0) is 10.5 Å². The second kappa shape index (κ2) is 10.2. The Bertz CT molecular complexity index is 679. The van der Waals surface area contributed by atoms with E-state index in [0.717, 1.165) is 16.5 Å². The number of halogens is 1. The van der Waals surface area contributed by atoms with Gasteiger partial charge in [-0.25, -0.2) is 0 Å². The van der Waals surface area contributed by atoms with Crippen molar-refractivity contribution in [3.8, 4) is 11.5 Å². The summed E-state index contributed by atoms with van der Waals surface area (Å²) < 4.78 is 10.9. The molecule has 25 heavy (non-hydrogen) atoms. The standard InChI is InChI=1S/C19H22ClNO3S/c1-14(24-18-6-4-3-5-17(18)23-2)19(22)21-11-12-25-13-15-7-9-16(20)10-8-15/h3-10,14H,11-13H2,1-2H3,(H,21,22)/t14-/m1/s1. The molecule has 2 rings (SSSR count).